The summed E-state index contributed by atoms with van der Waals surface area (Å²) in [4.78, 5) is 10.9. The maximum atomic E-state index is 10.9. The molecule has 62 valence electrons. The largest absolute Gasteiger partial charge is 0.469 e. The van der Waals surface area contributed by atoms with Gasteiger partial charge in [0.1, 0.15) is 7.28 Å². The predicted octanol–water partition coefficient (Wildman–Crippen LogP) is 0.723. The number of carbonyl (C=O) groups excluding carboxylic acids is 1. The summed E-state index contributed by atoms with van der Waals surface area (Å²) in [7, 11) is 2.78. The third-order valence-corrected chi connectivity index (χ3v) is 3.35. The Hall–Kier alpha value is -0.115. The summed E-state index contributed by atoms with van der Waals surface area (Å²) in [6, 6.07) is 0. The van der Waals surface area contributed by atoms with Crippen molar-refractivity contribution in [1.29, 1.82) is 0 Å². The molecule has 0 radical (unpaired) electrons. The van der Waals surface area contributed by atoms with Crippen LogP contribution in [0.3, 0.4) is 0 Å². The molecule has 2 atom stereocenters. The minimum Gasteiger partial charge on any atom is -0.469 e. The highest BCUT2D eigenvalue weighted by atomic mass is 32.2. The summed E-state index contributed by atoms with van der Waals surface area (Å²) >= 11 is 1.89. The summed E-state index contributed by atoms with van der Waals surface area (Å²) < 4.78 is 4.61. The van der Waals surface area contributed by atoms with Gasteiger partial charge in [0.15, 0.2) is 0 Å². The van der Waals surface area contributed by atoms with E-state index in [4.69, 9.17) is 0 Å². The molecule has 1 aliphatic heterocycles. The van der Waals surface area contributed by atoms with E-state index in [1.807, 2.05) is 18.7 Å². The van der Waals surface area contributed by atoms with E-state index in [9.17, 15) is 4.79 Å². The summed E-state index contributed by atoms with van der Waals surface area (Å²) in [5, 5.41) is 0.835. The van der Waals surface area contributed by atoms with Gasteiger partial charge in [-0.3, -0.25) is 4.79 Å². The standard InChI is InChI=1S/C7H13BO2S/c1-5(7(9)10-2)4-11-6-3-8-6/h5-6,8H,3-4H2,1-2H3. The van der Waals surface area contributed by atoms with Crippen LogP contribution in [-0.2, 0) is 9.53 Å². The lowest BCUT2D eigenvalue weighted by molar-refractivity contribution is -0.143. The van der Waals surface area contributed by atoms with Gasteiger partial charge >= 0.3 is 5.97 Å². The molecule has 0 aliphatic carbocycles. The minimum atomic E-state index is -0.0850. The molecule has 0 aromatic carbocycles. The maximum absolute atomic E-state index is 10.9. The molecule has 0 N–H and O–H groups in total. The van der Waals surface area contributed by atoms with Gasteiger partial charge in [0.2, 0.25) is 0 Å². The van der Waals surface area contributed by atoms with Crippen LogP contribution in [0.4, 0.5) is 0 Å². The molecule has 1 heterocycles. The van der Waals surface area contributed by atoms with Gasteiger partial charge in [0, 0.05) is 5.75 Å². The molecular weight excluding hydrogens is 159 g/mol. The second kappa shape index (κ2) is 4.05. The zero-order valence-electron chi connectivity index (χ0n) is 7.00. The number of hydrogen-bond acceptors (Lipinski definition) is 3. The van der Waals surface area contributed by atoms with Gasteiger partial charge in [-0.05, 0) is 5.15 Å². The molecule has 0 bridgehead atoms. The monoisotopic (exact) mass is 172 g/mol. The Morgan fingerprint density at radius 1 is 1.91 bits per heavy atom. The van der Waals surface area contributed by atoms with Crippen LogP contribution >= 0.6 is 11.8 Å². The summed E-state index contributed by atoms with van der Waals surface area (Å²) in [5.41, 5.74) is 0. The van der Waals surface area contributed by atoms with Crippen LogP contribution in [0.5, 0.6) is 0 Å². The Bertz CT molecular complexity index is 147. The number of carbonyl (C=O) groups is 1. The SMILES string of the molecule is COC(=O)C(C)CSC1BC1. The number of methoxy groups -OCH3 is 1. The van der Waals surface area contributed by atoms with Crippen molar-refractivity contribution in [2.24, 2.45) is 5.92 Å². The van der Waals surface area contributed by atoms with E-state index in [0.717, 1.165) is 10.9 Å². The first-order valence-corrected chi connectivity index (χ1v) is 4.98. The Labute approximate surface area is 72.3 Å². The Morgan fingerprint density at radius 2 is 2.55 bits per heavy atom. The smallest absolute Gasteiger partial charge is 0.309 e. The second-order valence-corrected chi connectivity index (χ2v) is 4.29. The van der Waals surface area contributed by atoms with Gasteiger partial charge in [-0.25, -0.2) is 0 Å². The summed E-state index contributed by atoms with van der Waals surface area (Å²) in [5.74, 6) is 0.890. The van der Waals surface area contributed by atoms with Crippen molar-refractivity contribution in [2.45, 2.75) is 18.4 Å². The van der Waals surface area contributed by atoms with Gasteiger partial charge in [-0.15, -0.1) is 0 Å². The summed E-state index contributed by atoms with van der Waals surface area (Å²) in [6.45, 7) is 1.92. The van der Waals surface area contributed by atoms with Crippen LogP contribution in [0.2, 0.25) is 6.32 Å². The third kappa shape index (κ3) is 3.19. The van der Waals surface area contributed by atoms with Crippen molar-refractivity contribution >= 4 is 25.0 Å². The number of hydrogen-bond donors (Lipinski definition) is 0. The van der Waals surface area contributed by atoms with E-state index in [1.54, 1.807) is 0 Å². The van der Waals surface area contributed by atoms with Crippen molar-refractivity contribution in [3.8, 4) is 0 Å². The highest BCUT2D eigenvalue weighted by molar-refractivity contribution is 8.02. The van der Waals surface area contributed by atoms with Crippen LogP contribution < -0.4 is 0 Å². The topological polar surface area (TPSA) is 26.3 Å². The Kier molecular flexibility index (Phi) is 3.30. The van der Waals surface area contributed by atoms with Gasteiger partial charge in [0.25, 0.3) is 0 Å². The minimum absolute atomic E-state index is 0.0607. The molecular formula is C7H13BO2S. The number of ether oxygens (including phenoxy) is 1. The van der Waals surface area contributed by atoms with Crippen molar-refractivity contribution in [1.82, 2.24) is 0 Å². The molecule has 11 heavy (non-hydrogen) atoms. The maximum Gasteiger partial charge on any atom is 0.309 e. The van der Waals surface area contributed by atoms with Crippen molar-refractivity contribution in [3.05, 3.63) is 0 Å². The average Bonchev–Trinajstić information content (AvgIpc) is 2.81. The molecule has 1 saturated heterocycles. The molecule has 1 rings (SSSR count). The first-order chi connectivity index (χ1) is 5.24. The zero-order valence-corrected chi connectivity index (χ0v) is 7.82. The lowest BCUT2D eigenvalue weighted by Gasteiger charge is -2.07. The van der Waals surface area contributed by atoms with Gasteiger partial charge in [0.05, 0.1) is 13.0 Å². The molecule has 4 heteroatoms. The highest BCUT2D eigenvalue weighted by Gasteiger charge is 2.25. The predicted molar refractivity (Wildman–Crippen MR) is 49.4 cm³/mol. The molecule has 1 fully saturated rings. The van der Waals surface area contributed by atoms with Crippen molar-refractivity contribution in [2.75, 3.05) is 12.9 Å². The average molecular weight is 172 g/mol. The lowest BCUT2D eigenvalue weighted by atomic mass is 10.1. The zero-order chi connectivity index (χ0) is 8.27. The van der Waals surface area contributed by atoms with Crippen LogP contribution in [0, 0.1) is 5.92 Å². The fourth-order valence-electron chi connectivity index (χ4n) is 0.784. The van der Waals surface area contributed by atoms with Crippen LogP contribution in [-0.4, -0.2) is 31.3 Å². The molecule has 0 saturated carbocycles. The second-order valence-electron chi connectivity index (χ2n) is 2.96. The first-order valence-electron chi connectivity index (χ1n) is 3.93. The Morgan fingerprint density at radius 3 is 3.00 bits per heavy atom. The fourth-order valence-corrected chi connectivity index (χ4v) is 1.95. The lowest BCUT2D eigenvalue weighted by Crippen LogP contribution is -2.15. The van der Waals surface area contributed by atoms with Gasteiger partial charge in [-0.1, -0.05) is 13.2 Å². The van der Waals surface area contributed by atoms with Crippen molar-refractivity contribution < 1.29 is 9.53 Å². The number of thioether (sulfide) groups is 1. The first kappa shape index (κ1) is 8.98. The molecule has 0 aromatic rings. The third-order valence-electron chi connectivity index (χ3n) is 1.71. The number of esters is 1. The van der Waals surface area contributed by atoms with Crippen LogP contribution in [0.1, 0.15) is 6.92 Å². The molecule has 2 nitrogen and oxygen atoms in total. The van der Waals surface area contributed by atoms with E-state index in [0.29, 0.717) is 0 Å². The molecule has 0 amide bonds. The van der Waals surface area contributed by atoms with Gasteiger partial charge < -0.3 is 4.74 Å². The molecule has 0 aromatic heterocycles. The van der Waals surface area contributed by atoms with Crippen molar-refractivity contribution in [3.63, 3.8) is 0 Å². The van der Waals surface area contributed by atoms with E-state index in [-0.39, 0.29) is 11.9 Å². The van der Waals surface area contributed by atoms with E-state index >= 15 is 0 Å². The quantitative estimate of drug-likeness (QED) is 0.461. The fraction of sp³-hybridized carbons (Fsp3) is 0.857. The van der Waals surface area contributed by atoms with Gasteiger partial charge in [-0.2, -0.15) is 11.8 Å². The molecule has 1 aliphatic rings. The van der Waals surface area contributed by atoms with E-state index in [1.165, 1.54) is 20.7 Å². The van der Waals surface area contributed by atoms with Crippen LogP contribution in [0.15, 0.2) is 0 Å². The highest BCUT2D eigenvalue weighted by Crippen LogP contribution is 2.28. The van der Waals surface area contributed by atoms with E-state index in [2.05, 4.69) is 4.74 Å². The molecule has 0 spiro atoms. The normalized spacial score (nSPS) is 23.6. The summed E-state index contributed by atoms with van der Waals surface area (Å²) in [6.07, 6.45) is 1.33. The molecule has 2 unspecified atom stereocenters. The van der Waals surface area contributed by atoms with Crippen LogP contribution in [0.25, 0.3) is 0 Å². The Balaban J connectivity index is 2.08. The van der Waals surface area contributed by atoms with E-state index < -0.39 is 0 Å². The number of rotatable bonds is 4.